The summed E-state index contributed by atoms with van der Waals surface area (Å²) in [6.07, 6.45) is 2.28. The number of H-pyrrole nitrogens is 1. The number of carbonyl (C=O) groups is 1. The number of pyridine rings is 1. The molecule has 8 nitrogen and oxygen atoms in total. The molecule has 1 aromatic carbocycles. The van der Waals surface area contributed by atoms with E-state index in [1.165, 1.54) is 7.11 Å². The Morgan fingerprint density at radius 2 is 1.94 bits per heavy atom. The number of ether oxygens (including phenoxy) is 2. The zero-order chi connectivity index (χ0) is 25.4. The van der Waals surface area contributed by atoms with Crippen molar-refractivity contribution in [2.75, 3.05) is 33.4 Å². The van der Waals surface area contributed by atoms with Gasteiger partial charge in [-0.15, -0.1) is 0 Å². The molecule has 0 aliphatic carbocycles. The van der Waals surface area contributed by atoms with Gasteiger partial charge in [0.15, 0.2) is 0 Å². The first-order valence-corrected chi connectivity index (χ1v) is 12.8. The number of piperidine rings is 1. The second-order valence-corrected chi connectivity index (χ2v) is 10.2. The lowest BCUT2D eigenvalue weighted by Gasteiger charge is -2.43. The molecule has 1 amide bonds. The van der Waals surface area contributed by atoms with Crippen LogP contribution in [0.15, 0.2) is 35.1 Å². The van der Waals surface area contributed by atoms with Crippen molar-refractivity contribution < 1.29 is 14.3 Å². The molecule has 2 saturated heterocycles. The number of aryl methyl sites for hydroxylation is 1. The van der Waals surface area contributed by atoms with E-state index in [2.05, 4.69) is 32.8 Å². The van der Waals surface area contributed by atoms with Gasteiger partial charge in [-0.2, -0.15) is 0 Å². The molecule has 2 aromatic heterocycles. The summed E-state index contributed by atoms with van der Waals surface area (Å²) in [7, 11) is 1.53. The summed E-state index contributed by atoms with van der Waals surface area (Å²) in [4.78, 5) is 31.4. The lowest BCUT2D eigenvalue weighted by Crippen LogP contribution is -2.52. The number of amides is 1. The molecule has 2 fully saturated rings. The Kier molecular flexibility index (Phi) is 6.90. The lowest BCUT2D eigenvalue weighted by atomic mass is 9.89. The smallest absolute Gasteiger partial charge is 0.256 e. The predicted octanol–water partition coefficient (Wildman–Crippen LogP) is 3.56. The van der Waals surface area contributed by atoms with Crippen molar-refractivity contribution in [3.63, 3.8) is 0 Å². The highest BCUT2D eigenvalue weighted by molar-refractivity contribution is 6.08. The molecule has 1 atom stereocenters. The molecule has 3 aromatic rings. The molecule has 192 valence electrons. The van der Waals surface area contributed by atoms with E-state index in [1.54, 1.807) is 13.0 Å². The minimum Gasteiger partial charge on any atom is -0.496 e. The van der Waals surface area contributed by atoms with Crippen LogP contribution in [0, 0.1) is 19.8 Å². The average molecular weight is 493 g/mol. The summed E-state index contributed by atoms with van der Waals surface area (Å²) in [6.45, 7) is 10.1. The number of fused-ring (bicyclic) bond motifs is 1. The molecule has 2 N–H and O–H groups in total. The third kappa shape index (κ3) is 4.44. The lowest BCUT2D eigenvalue weighted by molar-refractivity contribution is -0.0752. The van der Waals surface area contributed by atoms with E-state index >= 15 is 0 Å². The van der Waals surface area contributed by atoms with Crippen LogP contribution in [0.1, 0.15) is 53.1 Å². The Labute approximate surface area is 211 Å². The van der Waals surface area contributed by atoms with Gasteiger partial charge in [0.05, 0.1) is 44.0 Å². The van der Waals surface area contributed by atoms with Crippen LogP contribution >= 0.6 is 0 Å². The van der Waals surface area contributed by atoms with E-state index < -0.39 is 0 Å². The number of aromatic amines is 1. The van der Waals surface area contributed by atoms with Gasteiger partial charge in [0.25, 0.3) is 11.5 Å². The van der Waals surface area contributed by atoms with Gasteiger partial charge in [-0.1, -0.05) is 18.2 Å². The zero-order valence-electron chi connectivity index (χ0n) is 21.6. The molecule has 36 heavy (non-hydrogen) atoms. The number of para-hydroxylation sites is 1. The molecular formula is C28H36N4O4. The molecule has 2 aliphatic rings. The molecular weight excluding hydrogens is 456 g/mol. The minimum absolute atomic E-state index is 0.0927. The van der Waals surface area contributed by atoms with Crippen LogP contribution in [-0.2, 0) is 11.3 Å². The van der Waals surface area contributed by atoms with Crippen molar-refractivity contribution in [1.29, 1.82) is 0 Å². The highest BCUT2D eigenvalue weighted by atomic mass is 16.5. The van der Waals surface area contributed by atoms with Crippen molar-refractivity contribution in [1.82, 2.24) is 19.8 Å². The van der Waals surface area contributed by atoms with Gasteiger partial charge in [-0.3, -0.25) is 14.5 Å². The van der Waals surface area contributed by atoms with Crippen molar-refractivity contribution in [3.8, 4) is 5.75 Å². The predicted molar refractivity (Wildman–Crippen MR) is 140 cm³/mol. The van der Waals surface area contributed by atoms with Gasteiger partial charge in [0.2, 0.25) is 0 Å². The summed E-state index contributed by atoms with van der Waals surface area (Å²) in [5.41, 5.74) is 3.58. The first-order chi connectivity index (χ1) is 17.4. The van der Waals surface area contributed by atoms with Crippen LogP contribution in [-0.4, -0.2) is 59.8 Å². The van der Waals surface area contributed by atoms with Crippen LogP contribution in [0.2, 0.25) is 0 Å². The van der Waals surface area contributed by atoms with Crippen LogP contribution in [0.25, 0.3) is 10.9 Å². The number of aromatic nitrogens is 2. The molecule has 8 heteroatoms. The third-order valence-electron chi connectivity index (χ3n) is 8.06. The van der Waals surface area contributed by atoms with Gasteiger partial charge >= 0.3 is 0 Å². The molecule has 2 aliphatic heterocycles. The number of hydrogen-bond acceptors (Lipinski definition) is 5. The van der Waals surface area contributed by atoms with E-state index in [9.17, 15) is 9.59 Å². The number of likely N-dealkylation sites (tertiary alicyclic amines) is 1. The molecule has 4 heterocycles. The van der Waals surface area contributed by atoms with E-state index in [1.807, 2.05) is 25.1 Å². The Hall–Kier alpha value is -3.10. The summed E-state index contributed by atoms with van der Waals surface area (Å²) in [6, 6.07) is 10.7. The number of hydrogen-bond donors (Lipinski definition) is 2. The Morgan fingerprint density at radius 1 is 1.22 bits per heavy atom. The number of nitrogens with one attached hydrogen (secondary N) is 2. The second-order valence-electron chi connectivity index (χ2n) is 10.2. The van der Waals surface area contributed by atoms with E-state index in [0.29, 0.717) is 34.5 Å². The van der Waals surface area contributed by atoms with Gasteiger partial charge in [-0.05, 0) is 64.8 Å². The number of carbonyl (C=O) groups excluding carboxylic acids is 1. The van der Waals surface area contributed by atoms with Gasteiger partial charge in [0, 0.05) is 28.3 Å². The van der Waals surface area contributed by atoms with Crippen LogP contribution in [0.3, 0.4) is 0 Å². The monoisotopic (exact) mass is 492 g/mol. The molecule has 0 unspecified atom stereocenters. The van der Waals surface area contributed by atoms with E-state index in [-0.39, 0.29) is 24.1 Å². The fourth-order valence-corrected chi connectivity index (χ4v) is 5.91. The first kappa shape index (κ1) is 24.6. The largest absolute Gasteiger partial charge is 0.496 e. The fourth-order valence-electron chi connectivity index (χ4n) is 5.91. The van der Waals surface area contributed by atoms with Crippen molar-refractivity contribution in [2.24, 2.45) is 5.92 Å². The van der Waals surface area contributed by atoms with Crippen molar-refractivity contribution in [3.05, 3.63) is 63.2 Å². The molecule has 0 radical (unpaired) electrons. The summed E-state index contributed by atoms with van der Waals surface area (Å²) in [5.74, 6) is 0.837. The molecule has 5 rings (SSSR count). The average Bonchev–Trinajstić information content (AvgIpc) is 3.13. The number of methoxy groups -OCH3 is 1. The number of nitrogens with zero attached hydrogens (tertiary/aromatic N) is 2. The number of rotatable bonds is 7. The normalized spacial score (nSPS) is 18.2. The molecule has 0 spiro atoms. The topological polar surface area (TPSA) is 88.6 Å². The van der Waals surface area contributed by atoms with Crippen LogP contribution < -0.4 is 15.6 Å². The summed E-state index contributed by atoms with van der Waals surface area (Å²) < 4.78 is 13.1. The van der Waals surface area contributed by atoms with Crippen LogP contribution in [0.5, 0.6) is 5.75 Å². The maximum Gasteiger partial charge on any atom is 0.256 e. The van der Waals surface area contributed by atoms with E-state index in [0.717, 1.165) is 55.7 Å². The highest BCUT2D eigenvalue weighted by Crippen LogP contribution is 2.36. The summed E-state index contributed by atoms with van der Waals surface area (Å²) >= 11 is 0. The standard InChI is InChI=1S/C28H36N4O4/c1-17-13-25(35-4)23(27(33)30-17)14-29-28(34)26-19(3)32(24-8-6-5-7-22(24)26)18(2)20-9-11-31(12-10-20)21-15-36-16-21/h5-8,13,18,20-21H,9-12,14-16H2,1-4H3,(H,29,34)(H,30,33)/t18-/m0/s1. The maximum absolute atomic E-state index is 13.5. The quantitative estimate of drug-likeness (QED) is 0.527. The zero-order valence-corrected chi connectivity index (χ0v) is 21.6. The Balaban J connectivity index is 1.39. The minimum atomic E-state index is -0.250. The van der Waals surface area contributed by atoms with Gasteiger partial charge in [-0.25, -0.2) is 0 Å². The van der Waals surface area contributed by atoms with Gasteiger partial charge in [0.1, 0.15) is 5.75 Å². The fraction of sp³-hybridized carbons (Fsp3) is 0.500. The van der Waals surface area contributed by atoms with Gasteiger partial charge < -0.3 is 24.3 Å². The Bertz CT molecular complexity index is 1320. The number of benzene rings is 1. The SMILES string of the molecule is COc1cc(C)[nH]c(=O)c1CNC(=O)c1c(C)n([C@@H](C)C2CCN(C3COC3)CC2)c2ccccc12. The second kappa shape index (κ2) is 10.1. The Morgan fingerprint density at radius 3 is 2.61 bits per heavy atom. The molecule has 0 saturated carbocycles. The first-order valence-electron chi connectivity index (χ1n) is 12.8. The highest BCUT2D eigenvalue weighted by Gasteiger charge is 2.33. The summed E-state index contributed by atoms with van der Waals surface area (Å²) in [5, 5.41) is 3.91. The van der Waals surface area contributed by atoms with E-state index in [4.69, 9.17) is 9.47 Å². The van der Waals surface area contributed by atoms with Crippen LogP contribution in [0.4, 0.5) is 0 Å². The van der Waals surface area contributed by atoms with Crippen molar-refractivity contribution in [2.45, 2.75) is 52.2 Å². The third-order valence-corrected chi connectivity index (χ3v) is 8.06. The van der Waals surface area contributed by atoms with Crippen molar-refractivity contribution >= 4 is 16.8 Å². The molecule has 0 bridgehead atoms. The maximum atomic E-state index is 13.5.